The van der Waals surface area contributed by atoms with Crippen LogP contribution in [-0.4, -0.2) is 11.0 Å². The highest BCUT2D eigenvalue weighted by Crippen LogP contribution is 2.25. The SMILES string of the molecule is Cc1nc(CSc2cccc(CNC3CC3)c2)cs1. The number of hydrogen-bond donors (Lipinski definition) is 1. The summed E-state index contributed by atoms with van der Waals surface area (Å²) in [5.74, 6) is 0.962. The molecule has 0 amide bonds. The number of rotatable bonds is 6. The van der Waals surface area contributed by atoms with Gasteiger partial charge in [0.2, 0.25) is 0 Å². The highest BCUT2D eigenvalue weighted by molar-refractivity contribution is 7.98. The molecule has 2 aromatic rings. The van der Waals surface area contributed by atoms with E-state index >= 15 is 0 Å². The average Bonchev–Trinajstić information content (AvgIpc) is 3.16. The zero-order valence-corrected chi connectivity index (χ0v) is 12.7. The zero-order chi connectivity index (χ0) is 13.1. The van der Waals surface area contributed by atoms with Crippen LogP contribution in [0.15, 0.2) is 34.5 Å². The summed E-state index contributed by atoms with van der Waals surface area (Å²) in [5.41, 5.74) is 2.57. The van der Waals surface area contributed by atoms with E-state index in [-0.39, 0.29) is 0 Å². The molecule has 1 N–H and O–H groups in total. The van der Waals surface area contributed by atoms with Gasteiger partial charge >= 0.3 is 0 Å². The standard InChI is InChI=1S/C15H18N2S2/c1-11-17-14(9-18-11)10-19-15-4-2-3-12(7-15)8-16-13-5-6-13/h2-4,7,9,13,16H,5-6,8,10H2,1H3. The number of nitrogens with zero attached hydrogens (tertiary/aromatic N) is 1. The van der Waals surface area contributed by atoms with Crippen LogP contribution in [0, 0.1) is 6.92 Å². The molecule has 19 heavy (non-hydrogen) atoms. The van der Waals surface area contributed by atoms with Crippen LogP contribution in [0.2, 0.25) is 0 Å². The molecule has 1 saturated carbocycles. The maximum absolute atomic E-state index is 4.50. The first-order valence-electron chi connectivity index (χ1n) is 6.66. The van der Waals surface area contributed by atoms with Gasteiger partial charge in [-0.15, -0.1) is 23.1 Å². The van der Waals surface area contributed by atoms with Crippen LogP contribution in [-0.2, 0) is 12.3 Å². The quantitative estimate of drug-likeness (QED) is 0.814. The van der Waals surface area contributed by atoms with Crippen molar-refractivity contribution in [2.75, 3.05) is 0 Å². The Morgan fingerprint density at radius 1 is 1.42 bits per heavy atom. The van der Waals surface area contributed by atoms with Crippen molar-refractivity contribution in [3.63, 3.8) is 0 Å². The fraction of sp³-hybridized carbons (Fsp3) is 0.400. The molecule has 0 spiro atoms. The number of nitrogens with one attached hydrogen (secondary N) is 1. The van der Waals surface area contributed by atoms with Crippen LogP contribution in [0.1, 0.15) is 29.1 Å². The van der Waals surface area contributed by atoms with Gasteiger partial charge in [0.1, 0.15) is 0 Å². The second-order valence-electron chi connectivity index (χ2n) is 4.95. The Labute approximate surface area is 122 Å². The van der Waals surface area contributed by atoms with Crippen molar-refractivity contribution >= 4 is 23.1 Å². The van der Waals surface area contributed by atoms with E-state index in [1.165, 1.54) is 29.0 Å². The maximum atomic E-state index is 4.50. The van der Waals surface area contributed by atoms with Crippen molar-refractivity contribution in [1.82, 2.24) is 10.3 Å². The first-order valence-corrected chi connectivity index (χ1v) is 8.52. The van der Waals surface area contributed by atoms with E-state index in [0.29, 0.717) is 0 Å². The third-order valence-corrected chi connectivity index (χ3v) is 4.97. The Balaban J connectivity index is 1.55. The van der Waals surface area contributed by atoms with E-state index in [0.717, 1.165) is 23.3 Å². The van der Waals surface area contributed by atoms with Gasteiger partial charge in [-0.2, -0.15) is 0 Å². The molecule has 1 aromatic heterocycles. The summed E-state index contributed by atoms with van der Waals surface area (Å²) >= 11 is 3.59. The minimum Gasteiger partial charge on any atom is -0.310 e. The van der Waals surface area contributed by atoms with Gasteiger partial charge in [0, 0.05) is 28.6 Å². The fourth-order valence-electron chi connectivity index (χ4n) is 1.93. The molecule has 100 valence electrons. The Morgan fingerprint density at radius 2 is 2.32 bits per heavy atom. The number of thiazole rings is 1. The van der Waals surface area contributed by atoms with Gasteiger partial charge in [-0.1, -0.05) is 12.1 Å². The van der Waals surface area contributed by atoms with Gasteiger partial charge < -0.3 is 5.32 Å². The predicted molar refractivity (Wildman–Crippen MR) is 82.7 cm³/mol. The van der Waals surface area contributed by atoms with E-state index in [2.05, 4.69) is 46.9 Å². The number of aryl methyl sites for hydroxylation is 1. The molecule has 0 atom stereocenters. The molecule has 0 aliphatic heterocycles. The molecule has 2 nitrogen and oxygen atoms in total. The topological polar surface area (TPSA) is 24.9 Å². The highest BCUT2D eigenvalue weighted by Gasteiger charge is 2.19. The number of thioether (sulfide) groups is 1. The number of hydrogen-bond acceptors (Lipinski definition) is 4. The van der Waals surface area contributed by atoms with Crippen LogP contribution in [0.5, 0.6) is 0 Å². The second kappa shape index (κ2) is 6.07. The summed E-state index contributed by atoms with van der Waals surface area (Å²) in [6.45, 7) is 3.05. The van der Waals surface area contributed by atoms with E-state index in [9.17, 15) is 0 Å². The van der Waals surface area contributed by atoms with Gasteiger partial charge in [-0.3, -0.25) is 0 Å². The van der Waals surface area contributed by atoms with Crippen molar-refractivity contribution < 1.29 is 0 Å². The van der Waals surface area contributed by atoms with E-state index < -0.39 is 0 Å². The predicted octanol–water partition coefficient (Wildman–Crippen LogP) is 4.00. The maximum Gasteiger partial charge on any atom is 0.0897 e. The smallest absolute Gasteiger partial charge is 0.0897 e. The molecular formula is C15H18N2S2. The Hall–Kier alpha value is -0.840. The summed E-state index contributed by atoms with van der Waals surface area (Å²) in [4.78, 5) is 5.84. The summed E-state index contributed by atoms with van der Waals surface area (Å²) in [6.07, 6.45) is 2.69. The fourth-order valence-corrected chi connectivity index (χ4v) is 3.52. The monoisotopic (exact) mass is 290 g/mol. The summed E-state index contributed by atoms with van der Waals surface area (Å²) in [6, 6.07) is 9.60. The van der Waals surface area contributed by atoms with Gasteiger partial charge in [-0.25, -0.2) is 4.98 Å². The lowest BCUT2D eigenvalue weighted by atomic mass is 10.2. The van der Waals surface area contributed by atoms with Crippen LogP contribution < -0.4 is 5.32 Å². The molecule has 1 heterocycles. The van der Waals surface area contributed by atoms with Gasteiger partial charge in [0.15, 0.2) is 0 Å². The Morgan fingerprint density at radius 3 is 3.05 bits per heavy atom. The third-order valence-electron chi connectivity index (χ3n) is 3.12. The first kappa shape index (κ1) is 13.2. The molecule has 1 aromatic carbocycles. The van der Waals surface area contributed by atoms with E-state index in [4.69, 9.17) is 0 Å². The van der Waals surface area contributed by atoms with Crippen molar-refractivity contribution in [2.45, 2.75) is 43.0 Å². The largest absolute Gasteiger partial charge is 0.310 e. The Kier molecular flexibility index (Phi) is 4.21. The first-order chi connectivity index (χ1) is 9.29. The van der Waals surface area contributed by atoms with Crippen molar-refractivity contribution in [1.29, 1.82) is 0 Å². The minimum absolute atomic E-state index is 0.772. The summed E-state index contributed by atoms with van der Waals surface area (Å²) < 4.78 is 0. The summed E-state index contributed by atoms with van der Waals surface area (Å²) in [5, 5.41) is 6.86. The van der Waals surface area contributed by atoms with E-state index in [1.807, 2.05) is 11.8 Å². The lowest BCUT2D eigenvalue weighted by Gasteiger charge is -2.05. The van der Waals surface area contributed by atoms with Crippen molar-refractivity contribution in [3.05, 3.63) is 45.9 Å². The molecule has 0 saturated heterocycles. The molecule has 0 unspecified atom stereocenters. The summed E-state index contributed by atoms with van der Waals surface area (Å²) in [7, 11) is 0. The minimum atomic E-state index is 0.772. The van der Waals surface area contributed by atoms with E-state index in [1.54, 1.807) is 11.3 Å². The number of aromatic nitrogens is 1. The molecule has 0 radical (unpaired) electrons. The van der Waals surface area contributed by atoms with Crippen LogP contribution >= 0.6 is 23.1 Å². The second-order valence-corrected chi connectivity index (χ2v) is 7.06. The lowest BCUT2D eigenvalue weighted by molar-refractivity contribution is 0.687. The van der Waals surface area contributed by atoms with Crippen molar-refractivity contribution in [2.24, 2.45) is 0 Å². The lowest BCUT2D eigenvalue weighted by Crippen LogP contribution is -2.15. The molecule has 4 heteroatoms. The molecule has 0 bridgehead atoms. The van der Waals surface area contributed by atoms with Gasteiger partial charge in [-0.05, 0) is 37.5 Å². The Bertz CT molecular complexity index is 547. The van der Waals surface area contributed by atoms with Crippen LogP contribution in [0.4, 0.5) is 0 Å². The van der Waals surface area contributed by atoms with Crippen LogP contribution in [0.3, 0.4) is 0 Å². The molecule has 1 aliphatic carbocycles. The van der Waals surface area contributed by atoms with Gasteiger partial charge in [0.05, 0.1) is 10.7 Å². The van der Waals surface area contributed by atoms with Crippen LogP contribution in [0.25, 0.3) is 0 Å². The highest BCUT2D eigenvalue weighted by atomic mass is 32.2. The molecule has 1 aliphatic rings. The van der Waals surface area contributed by atoms with Crippen molar-refractivity contribution in [3.8, 4) is 0 Å². The average molecular weight is 290 g/mol. The molecule has 3 rings (SSSR count). The van der Waals surface area contributed by atoms with Gasteiger partial charge in [0.25, 0.3) is 0 Å². The third kappa shape index (κ3) is 4.06. The molecular weight excluding hydrogens is 272 g/mol. The molecule has 1 fully saturated rings. The normalized spacial score (nSPS) is 14.8. The zero-order valence-electron chi connectivity index (χ0n) is 11.1. The number of benzene rings is 1.